The zero-order chi connectivity index (χ0) is 19.2. The van der Waals surface area contributed by atoms with Gasteiger partial charge in [-0.05, 0) is 37.5 Å². The number of aryl methyl sites for hydroxylation is 1. The van der Waals surface area contributed by atoms with Crippen molar-refractivity contribution in [2.24, 2.45) is 0 Å². The van der Waals surface area contributed by atoms with Crippen molar-refractivity contribution in [2.45, 2.75) is 32.2 Å². The molecule has 1 N–H and O–H groups in total. The average molecular weight is 392 g/mol. The normalized spacial score (nSPS) is 11.0. The Labute approximate surface area is 166 Å². The lowest BCUT2D eigenvalue weighted by Gasteiger charge is -2.09. The van der Waals surface area contributed by atoms with Gasteiger partial charge in [-0.1, -0.05) is 18.2 Å². The Bertz CT molecular complexity index is 1030. The first-order valence-corrected chi connectivity index (χ1v) is 10.0. The third-order valence-corrected chi connectivity index (χ3v) is 5.46. The number of pyridine rings is 1. The summed E-state index contributed by atoms with van der Waals surface area (Å²) in [5, 5.41) is 8.21. The van der Waals surface area contributed by atoms with E-state index in [1.54, 1.807) is 28.5 Å². The standard InChI is InChI=1S/C20H20N6OS/c27-18(9-3-4-10-19-25-16-7-1-2-8-17(16)28-19)23-12-15-6-5-11-22-20(15)26-14-21-13-24-26/h1-2,5-8,11,13-14H,3-4,9-10,12H2,(H,23,27). The number of rotatable bonds is 8. The molecule has 0 spiro atoms. The van der Waals surface area contributed by atoms with Crippen LogP contribution in [0.2, 0.25) is 0 Å². The summed E-state index contributed by atoms with van der Waals surface area (Å²) in [7, 11) is 0. The van der Waals surface area contributed by atoms with Crippen molar-refractivity contribution in [2.75, 3.05) is 0 Å². The van der Waals surface area contributed by atoms with Gasteiger partial charge in [0.15, 0.2) is 5.82 Å². The Morgan fingerprint density at radius 1 is 1.14 bits per heavy atom. The van der Waals surface area contributed by atoms with Crippen molar-refractivity contribution in [1.29, 1.82) is 0 Å². The topological polar surface area (TPSA) is 85.6 Å². The van der Waals surface area contributed by atoms with Crippen molar-refractivity contribution in [3.8, 4) is 5.82 Å². The Morgan fingerprint density at radius 3 is 2.93 bits per heavy atom. The highest BCUT2D eigenvalue weighted by Gasteiger charge is 2.09. The number of para-hydroxylation sites is 1. The van der Waals surface area contributed by atoms with Gasteiger partial charge in [0, 0.05) is 24.7 Å². The molecule has 28 heavy (non-hydrogen) atoms. The average Bonchev–Trinajstić information content (AvgIpc) is 3.39. The SMILES string of the molecule is O=C(CCCCc1nc2ccccc2s1)NCc1cccnc1-n1cncn1. The summed E-state index contributed by atoms with van der Waals surface area (Å²) in [5.74, 6) is 0.717. The van der Waals surface area contributed by atoms with Crippen LogP contribution in [0.25, 0.3) is 16.0 Å². The quantitative estimate of drug-likeness (QED) is 0.465. The van der Waals surface area contributed by atoms with Crippen LogP contribution in [-0.2, 0) is 17.8 Å². The number of carbonyl (C=O) groups is 1. The van der Waals surface area contributed by atoms with Gasteiger partial charge in [0.1, 0.15) is 12.7 Å². The molecule has 1 aromatic carbocycles. The van der Waals surface area contributed by atoms with Crippen LogP contribution in [-0.4, -0.2) is 30.6 Å². The van der Waals surface area contributed by atoms with E-state index in [0.717, 1.165) is 35.4 Å². The van der Waals surface area contributed by atoms with Crippen molar-refractivity contribution in [3.05, 3.63) is 65.8 Å². The van der Waals surface area contributed by atoms with Gasteiger partial charge >= 0.3 is 0 Å². The molecule has 0 aliphatic rings. The third-order valence-electron chi connectivity index (χ3n) is 4.36. The molecule has 0 atom stereocenters. The first-order valence-electron chi connectivity index (χ1n) is 9.19. The second kappa shape index (κ2) is 8.71. The molecule has 142 valence electrons. The molecule has 0 saturated heterocycles. The smallest absolute Gasteiger partial charge is 0.220 e. The van der Waals surface area contributed by atoms with Crippen molar-refractivity contribution in [1.82, 2.24) is 30.0 Å². The Morgan fingerprint density at radius 2 is 2.07 bits per heavy atom. The van der Waals surface area contributed by atoms with Gasteiger partial charge in [-0.25, -0.2) is 19.6 Å². The van der Waals surface area contributed by atoms with Gasteiger partial charge in [0.2, 0.25) is 5.91 Å². The Balaban J connectivity index is 1.23. The van der Waals surface area contributed by atoms with Crippen molar-refractivity contribution < 1.29 is 4.79 Å². The van der Waals surface area contributed by atoms with Crippen LogP contribution in [0.5, 0.6) is 0 Å². The summed E-state index contributed by atoms with van der Waals surface area (Å²) >= 11 is 1.73. The molecular weight excluding hydrogens is 372 g/mol. The van der Waals surface area contributed by atoms with Gasteiger partial charge in [-0.3, -0.25) is 4.79 Å². The summed E-state index contributed by atoms with van der Waals surface area (Å²) < 4.78 is 2.81. The fraction of sp³-hybridized carbons (Fsp3) is 0.250. The molecule has 8 heteroatoms. The molecule has 0 unspecified atom stereocenters. The van der Waals surface area contributed by atoms with Gasteiger partial charge in [-0.2, -0.15) is 5.10 Å². The highest BCUT2D eigenvalue weighted by Crippen LogP contribution is 2.22. The van der Waals surface area contributed by atoms with E-state index in [0.29, 0.717) is 18.8 Å². The summed E-state index contributed by atoms with van der Waals surface area (Å²) in [4.78, 5) is 25.1. The van der Waals surface area contributed by atoms with E-state index < -0.39 is 0 Å². The second-order valence-corrected chi connectivity index (χ2v) is 7.50. The third kappa shape index (κ3) is 4.40. The maximum atomic E-state index is 12.2. The molecule has 3 heterocycles. The minimum atomic E-state index is 0.0395. The van der Waals surface area contributed by atoms with Crippen LogP contribution in [0, 0.1) is 0 Å². The summed E-state index contributed by atoms with van der Waals surface area (Å²) in [6, 6.07) is 11.9. The molecule has 0 radical (unpaired) electrons. The number of unbranched alkanes of at least 4 members (excludes halogenated alkanes) is 1. The number of carbonyl (C=O) groups excluding carboxylic acids is 1. The predicted octanol–water partition coefficient (Wildman–Crippen LogP) is 3.30. The summed E-state index contributed by atoms with van der Waals surface area (Å²) in [6.07, 6.45) is 7.95. The lowest BCUT2D eigenvalue weighted by Crippen LogP contribution is -2.23. The molecule has 4 aromatic rings. The van der Waals surface area contributed by atoms with Gasteiger partial charge < -0.3 is 5.32 Å². The van der Waals surface area contributed by atoms with Gasteiger partial charge in [0.05, 0.1) is 15.2 Å². The van der Waals surface area contributed by atoms with E-state index in [1.807, 2.05) is 30.3 Å². The fourth-order valence-electron chi connectivity index (χ4n) is 2.96. The van der Waals surface area contributed by atoms with Gasteiger partial charge in [0.25, 0.3) is 0 Å². The number of hydrogen-bond donors (Lipinski definition) is 1. The van der Waals surface area contributed by atoms with E-state index in [-0.39, 0.29) is 5.91 Å². The Kier molecular flexibility index (Phi) is 5.67. The van der Waals surface area contributed by atoms with Crippen LogP contribution in [0.15, 0.2) is 55.2 Å². The maximum Gasteiger partial charge on any atom is 0.220 e. The number of aromatic nitrogens is 5. The lowest BCUT2D eigenvalue weighted by atomic mass is 10.2. The van der Waals surface area contributed by atoms with Crippen LogP contribution in [0.3, 0.4) is 0 Å². The van der Waals surface area contributed by atoms with E-state index in [1.165, 1.54) is 11.0 Å². The van der Waals surface area contributed by atoms with Crippen LogP contribution < -0.4 is 5.32 Å². The largest absolute Gasteiger partial charge is 0.352 e. The van der Waals surface area contributed by atoms with Crippen molar-refractivity contribution in [3.63, 3.8) is 0 Å². The van der Waals surface area contributed by atoms with E-state index in [9.17, 15) is 4.79 Å². The number of amides is 1. The molecule has 0 aliphatic carbocycles. The zero-order valence-corrected chi connectivity index (χ0v) is 16.1. The maximum absolute atomic E-state index is 12.2. The summed E-state index contributed by atoms with van der Waals surface area (Å²) in [6.45, 7) is 0.416. The van der Waals surface area contributed by atoms with E-state index >= 15 is 0 Å². The van der Waals surface area contributed by atoms with Gasteiger partial charge in [-0.15, -0.1) is 11.3 Å². The van der Waals surface area contributed by atoms with Crippen LogP contribution in [0.1, 0.15) is 29.8 Å². The highest BCUT2D eigenvalue weighted by molar-refractivity contribution is 7.18. The second-order valence-electron chi connectivity index (χ2n) is 6.39. The molecule has 1 amide bonds. The summed E-state index contributed by atoms with van der Waals surface area (Å²) in [5.41, 5.74) is 1.95. The van der Waals surface area contributed by atoms with Crippen molar-refractivity contribution >= 4 is 27.5 Å². The zero-order valence-electron chi connectivity index (χ0n) is 15.3. The monoisotopic (exact) mass is 392 g/mol. The van der Waals surface area contributed by atoms with E-state index in [4.69, 9.17) is 0 Å². The van der Waals surface area contributed by atoms with Crippen LogP contribution in [0.4, 0.5) is 0 Å². The fourth-order valence-corrected chi connectivity index (χ4v) is 3.97. The number of nitrogens with zero attached hydrogens (tertiary/aromatic N) is 5. The number of fused-ring (bicyclic) bond motifs is 1. The molecule has 7 nitrogen and oxygen atoms in total. The number of hydrogen-bond acceptors (Lipinski definition) is 6. The number of nitrogens with one attached hydrogen (secondary N) is 1. The molecular formula is C20H20N6OS. The minimum Gasteiger partial charge on any atom is -0.352 e. The molecule has 0 bridgehead atoms. The predicted molar refractivity (Wildman–Crippen MR) is 108 cm³/mol. The first kappa shape index (κ1) is 18.2. The first-order chi connectivity index (χ1) is 13.8. The molecule has 4 rings (SSSR count). The molecule has 0 aliphatic heterocycles. The van der Waals surface area contributed by atoms with Crippen LogP contribution >= 0.6 is 11.3 Å². The molecule has 0 fully saturated rings. The number of thiazole rings is 1. The van der Waals surface area contributed by atoms with E-state index in [2.05, 4.69) is 31.4 Å². The molecule has 3 aromatic heterocycles. The lowest BCUT2D eigenvalue weighted by molar-refractivity contribution is -0.121. The Hall–Kier alpha value is -3.13. The minimum absolute atomic E-state index is 0.0395. The molecule has 0 saturated carbocycles. The highest BCUT2D eigenvalue weighted by atomic mass is 32.1. The number of benzene rings is 1.